The van der Waals surface area contributed by atoms with Gasteiger partial charge in [-0.05, 0) is 0 Å². The van der Waals surface area contributed by atoms with E-state index < -0.39 is 17.5 Å². The van der Waals surface area contributed by atoms with Crippen molar-refractivity contribution in [1.29, 1.82) is 0 Å². The van der Waals surface area contributed by atoms with Crippen LogP contribution in [0.2, 0.25) is 24.2 Å². The summed E-state index contributed by atoms with van der Waals surface area (Å²) >= 11 is -2.76. The number of hydrogen-bond donors (Lipinski definition) is 0. The van der Waals surface area contributed by atoms with E-state index in [1.54, 1.807) is 68.7 Å². The van der Waals surface area contributed by atoms with Gasteiger partial charge in [0.1, 0.15) is 0 Å². The molecule has 0 nitrogen and oxygen atoms in total. The second-order valence-electron chi connectivity index (χ2n) is 14.6. The van der Waals surface area contributed by atoms with Crippen molar-refractivity contribution < 1.29 is 42.3 Å². The summed E-state index contributed by atoms with van der Waals surface area (Å²) in [5, 5.41) is 0. The van der Waals surface area contributed by atoms with Crippen LogP contribution in [-0.4, -0.2) is 10.9 Å². The molecule has 0 saturated carbocycles. The van der Waals surface area contributed by atoms with Gasteiger partial charge in [-0.2, -0.15) is 0 Å². The van der Waals surface area contributed by atoms with E-state index in [1.165, 1.54) is 0 Å². The average molecular weight is 701 g/mol. The average Bonchev–Trinajstić information content (AvgIpc) is 3.59. The van der Waals surface area contributed by atoms with Crippen LogP contribution in [0.3, 0.4) is 0 Å². The third kappa shape index (κ3) is 5.09. The second-order valence-corrected chi connectivity index (χ2v) is 49.3. The summed E-state index contributed by atoms with van der Waals surface area (Å²) in [7, 11) is 0. The fourth-order valence-electron chi connectivity index (χ4n) is 9.11. The molecule has 0 saturated heterocycles. The Balaban J connectivity index is 0.00000194. The fraction of sp³-hybridized carbons (Fsp3) is 0.556. The molecule has 2 aromatic rings. The Morgan fingerprint density at radius 3 is 1.20 bits per heavy atom. The maximum absolute atomic E-state index is 2.76. The fourth-order valence-corrected chi connectivity index (χ4v) is 92.4. The SMILES string of the molecule is CC1=Cc2c(C(C)C)cc(C(C)C)cc2[CH]1[Zr+2]1([CH]2C(C)=Cc3c(C(C)C)cc(C(C)C)cc32)=[Si]2CC[Si]=1CC2.[Cl-].[Cl-]. The van der Waals surface area contributed by atoms with Crippen molar-refractivity contribution in [3.05, 3.63) is 79.9 Å². The van der Waals surface area contributed by atoms with Crippen molar-refractivity contribution in [3.8, 4) is 0 Å². The molecular weight excluding hydrogens is 651 g/mol. The Morgan fingerprint density at radius 1 is 0.561 bits per heavy atom. The van der Waals surface area contributed by atoms with Crippen LogP contribution in [0, 0.1) is 0 Å². The van der Waals surface area contributed by atoms with E-state index in [-0.39, 0.29) is 35.7 Å². The summed E-state index contributed by atoms with van der Waals surface area (Å²) in [5.41, 5.74) is 16.5. The predicted molar refractivity (Wildman–Crippen MR) is 173 cm³/mol. The van der Waals surface area contributed by atoms with Crippen LogP contribution in [0.4, 0.5) is 0 Å². The van der Waals surface area contributed by atoms with Gasteiger partial charge in [-0.25, -0.2) is 0 Å². The molecule has 4 aliphatic rings. The van der Waals surface area contributed by atoms with E-state index in [9.17, 15) is 0 Å². The van der Waals surface area contributed by atoms with Gasteiger partial charge in [0, 0.05) is 0 Å². The van der Waals surface area contributed by atoms with E-state index in [2.05, 4.69) is 106 Å². The number of benzene rings is 2. The molecule has 0 fully saturated rings. The van der Waals surface area contributed by atoms with Crippen molar-refractivity contribution in [2.75, 3.05) is 0 Å². The summed E-state index contributed by atoms with van der Waals surface area (Å²) in [6.45, 7) is 24.5. The van der Waals surface area contributed by atoms with E-state index in [1.807, 2.05) is 11.1 Å². The number of halogens is 2. The summed E-state index contributed by atoms with van der Waals surface area (Å²) in [6.07, 6.45) is 5.42. The Labute approximate surface area is 267 Å². The number of fused-ring (bicyclic) bond motifs is 2. The molecule has 5 heteroatoms. The van der Waals surface area contributed by atoms with Gasteiger partial charge < -0.3 is 24.8 Å². The van der Waals surface area contributed by atoms with E-state index >= 15 is 0 Å². The van der Waals surface area contributed by atoms with Gasteiger partial charge in [0.25, 0.3) is 0 Å². The third-order valence-corrected chi connectivity index (χ3v) is 69.9. The van der Waals surface area contributed by atoms with Gasteiger partial charge in [0.05, 0.1) is 0 Å². The topological polar surface area (TPSA) is 0 Å². The standard InChI is InChI=1S/2C16H21.C4H8Si2.2ClH.Zr/c2*1-10(2)13-8-14-6-12(5)7-16(14)15(9-13)11(3)4;1-2-6-4-3-5-1;;;/h2*6-11H,1-5H3;1-4H2;2*1H;/q;;;;;+2/p-2. The summed E-state index contributed by atoms with van der Waals surface area (Å²) < 4.78 is 1.67. The number of rotatable bonds is 6. The summed E-state index contributed by atoms with van der Waals surface area (Å²) in [4.78, 5) is 0. The molecule has 2 aliphatic heterocycles. The summed E-state index contributed by atoms with van der Waals surface area (Å²) in [6, 6.07) is 17.3. The number of hydrogen-bond acceptors (Lipinski definition) is 0. The van der Waals surface area contributed by atoms with Crippen molar-refractivity contribution in [1.82, 2.24) is 0 Å². The third-order valence-electron chi connectivity index (χ3n) is 10.9. The van der Waals surface area contributed by atoms with Crippen LogP contribution in [0.1, 0.15) is 145 Å². The molecule has 2 aromatic carbocycles. The van der Waals surface area contributed by atoms with Crippen LogP contribution in [-0.2, 0) is 17.5 Å². The molecule has 0 spiro atoms. The first-order chi connectivity index (χ1) is 18.5. The molecule has 2 heterocycles. The first-order valence-electron chi connectivity index (χ1n) is 15.9. The van der Waals surface area contributed by atoms with Crippen LogP contribution in [0.15, 0.2) is 35.4 Å². The molecular formula is C36H50Cl2Si2Zr. The van der Waals surface area contributed by atoms with Gasteiger partial charge in [0.15, 0.2) is 0 Å². The van der Waals surface area contributed by atoms with E-state index in [0.29, 0.717) is 23.7 Å². The van der Waals surface area contributed by atoms with Gasteiger partial charge in [-0.3, -0.25) is 0 Å². The zero-order chi connectivity index (χ0) is 28.0. The molecule has 41 heavy (non-hydrogen) atoms. The maximum Gasteiger partial charge on any atom is -1.00 e. The molecule has 0 radical (unpaired) electrons. The molecule has 6 rings (SSSR count). The van der Waals surface area contributed by atoms with Crippen LogP contribution < -0.4 is 24.8 Å². The Kier molecular flexibility index (Phi) is 10.1. The smallest absolute Gasteiger partial charge is 1.00 e. The second kappa shape index (κ2) is 12.3. The normalized spacial score (nSPS) is 20.3. The molecule has 2 aliphatic carbocycles. The molecule has 0 amide bonds. The minimum Gasteiger partial charge on any atom is -1.00 e. The first-order valence-corrected chi connectivity index (χ1v) is 29.9. The van der Waals surface area contributed by atoms with Gasteiger partial charge in [-0.15, -0.1) is 0 Å². The molecule has 2 unspecified atom stereocenters. The van der Waals surface area contributed by atoms with Crippen LogP contribution in [0.5, 0.6) is 0 Å². The van der Waals surface area contributed by atoms with Crippen LogP contribution >= 0.6 is 0 Å². The van der Waals surface area contributed by atoms with Crippen molar-refractivity contribution in [2.45, 2.75) is 124 Å². The van der Waals surface area contributed by atoms with E-state index in [0.717, 1.165) is 7.25 Å². The van der Waals surface area contributed by atoms with Gasteiger partial charge in [-0.1, -0.05) is 0 Å². The summed E-state index contributed by atoms with van der Waals surface area (Å²) in [5.74, 6) is 2.37. The largest absolute Gasteiger partial charge is 1.00 e. The Morgan fingerprint density at radius 2 is 0.902 bits per heavy atom. The maximum atomic E-state index is 2.74. The zero-order valence-corrected chi connectivity index (χ0v) is 33.0. The van der Waals surface area contributed by atoms with Gasteiger partial charge >= 0.3 is 245 Å². The Bertz CT molecular complexity index is 1450. The van der Waals surface area contributed by atoms with E-state index in [4.69, 9.17) is 0 Å². The predicted octanol–water partition coefficient (Wildman–Crippen LogP) is 4.97. The minimum atomic E-state index is -2.76. The first kappa shape index (κ1) is 33.7. The zero-order valence-electron chi connectivity index (χ0n) is 27.0. The van der Waals surface area contributed by atoms with Crippen LogP contribution in [0.25, 0.3) is 12.2 Å². The number of allylic oxidation sites excluding steroid dienone is 2. The quantitative estimate of drug-likeness (QED) is 0.374. The molecule has 2 bridgehead atoms. The molecule has 0 N–H and O–H groups in total. The minimum absolute atomic E-state index is 0. The van der Waals surface area contributed by atoms with Crippen molar-refractivity contribution in [2.24, 2.45) is 0 Å². The van der Waals surface area contributed by atoms with Crippen molar-refractivity contribution in [3.63, 3.8) is 0 Å². The Hall–Kier alpha value is -0.183. The van der Waals surface area contributed by atoms with Gasteiger partial charge in [0.2, 0.25) is 0 Å². The molecule has 2 atom stereocenters. The molecule has 0 aromatic heterocycles. The molecule has 220 valence electrons. The monoisotopic (exact) mass is 698 g/mol. The van der Waals surface area contributed by atoms with Crippen molar-refractivity contribution >= 4 is 23.0 Å².